The van der Waals surface area contributed by atoms with Gasteiger partial charge in [0.05, 0.1) is 29.4 Å². The number of carbonyl (C=O) groups excluding carboxylic acids is 2. The third-order valence-electron chi connectivity index (χ3n) is 5.57. The Morgan fingerprint density at radius 2 is 1.76 bits per heavy atom. The van der Waals surface area contributed by atoms with Crippen molar-refractivity contribution in [3.63, 3.8) is 0 Å². The first-order chi connectivity index (χ1) is 16.4. The molecule has 3 rings (SSSR count). The summed E-state index contributed by atoms with van der Waals surface area (Å²) in [5.41, 5.74) is 1.20. The number of benzene rings is 2. The summed E-state index contributed by atoms with van der Waals surface area (Å²) in [7, 11) is 0. The zero-order valence-electron chi connectivity index (χ0n) is 19.3. The molecule has 2 aromatic rings. The number of aliphatic carboxylic acids is 1. The first kappa shape index (κ1) is 25.4. The first-order valence-electron chi connectivity index (χ1n) is 11.4. The molecule has 1 aliphatic carbocycles. The number of hydrogen-bond donors (Lipinski definition) is 3. The number of carboxylic acid groups (broad SMARTS) is 1. The molecule has 7 nitrogen and oxygen atoms in total. The topological polar surface area (TPSA) is 105 Å². The molecule has 34 heavy (non-hydrogen) atoms. The molecule has 3 N–H and O–H groups in total. The van der Waals surface area contributed by atoms with Gasteiger partial charge < -0.3 is 20.5 Å². The van der Waals surface area contributed by atoms with Crippen LogP contribution in [0.15, 0.2) is 65.6 Å². The Hall–Kier alpha value is -3.26. The van der Waals surface area contributed by atoms with Crippen LogP contribution in [0.25, 0.3) is 0 Å². The molecule has 1 aliphatic rings. The molecule has 0 saturated heterocycles. The minimum Gasteiger partial charge on any atom is -0.492 e. The number of hydrogen-bond acceptors (Lipinski definition) is 5. The third kappa shape index (κ3) is 6.63. The maximum atomic E-state index is 13.0. The van der Waals surface area contributed by atoms with E-state index in [1.165, 1.54) is 11.8 Å². The van der Waals surface area contributed by atoms with Crippen molar-refractivity contribution in [2.75, 3.05) is 17.2 Å². The predicted molar refractivity (Wildman–Crippen MR) is 134 cm³/mol. The van der Waals surface area contributed by atoms with Crippen molar-refractivity contribution in [3.8, 4) is 5.75 Å². The summed E-state index contributed by atoms with van der Waals surface area (Å²) in [4.78, 5) is 38.1. The molecule has 0 aromatic heterocycles. The second kappa shape index (κ2) is 12.3. The molecular formula is C26H30N2O5S. The van der Waals surface area contributed by atoms with Gasteiger partial charge in [0.2, 0.25) is 11.8 Å². The van der Waals surface area contributed by atoms with Gasteiger partial charge in [-0.3, -0.25) is 14.4 Å². The van der Waals surface area contributed by atoms with Crippen LogP contribution in [0, 0.1) is 11.8 Å². The highest BCUT2D eigenvalue weighted by atomic mass is 32.2. The van der Waals surface area contributed by atoms with Gasteiger partial charge >= 0.3 is 5.97 Å². The van der Waals surface area contributed by atoms with Gasteiger partial charge in [0.25, 0.3) is 0 Å². The van der Waals surface area contributed by atoms with Crippen molar-refractivity contribution in [1.82, 2.24) is 0 Å². The van der Waals surface area contributed by atoms with E-state index in [-0.39, 0.29) is 17.1 Å². The molecule has 0 radical (unpaired) electrons. The lowest BCUT2D eigenvalue weighted by Gasteiger charge is -2.24. The number of thioether (sulfide) groups is 1. The van der Waals surface area contributed by atoms with Gasteiger partial charge in [-0.25, -0.2) is 0 Å². The lowest BCUT2D eigenvalue weighted by molar-refractivity contribution is -0.146. The number of allylic oxidation sites excluding steroid dienone is 2. The summed E-state index contributed by atoms with van der Waals surface area (Å²) < 4.78 is 5.59. The van der Waals surface area contributed by atoms with Gasteiger partial charge in [-0.15, -0.1) is 11.8 Å². The SMILES string of the molecule is CCOc1ccccc1NC(=O)C(CC)Sc1cccc(NC(=O)C2CC=CCC2C(=O)O)c1. The van der Waals surface area contributed by atoms with Crippen LogP contribution >= 0.6 is 11.8 Å². The van der Waals surface area contributed by atoms with Gasteiger partial charge in [-0.05, 0) is 56.5 Å². The maximum Gasteiger partial charge on any atom is 0.307 e. The van der Waals surface area contributed by atoms with Crippen LogP contribution in [0.4, 0.5) is 11.4 Å². The van der Waals surface area contributed by atoms with Crippen molar-refractivity contribution in [2.45, 2.75) is 43.3 Å². The molecule has 3 atom stereocenters. The predicted octanol–water partition coefficient (Wildman–Crippen LogP) is 5.20. The molecule has 8 heteroatoms. The summed E-state index contributed by atoms with van der Waals surface area (Å²) in [5.74, 6) is -2.12. The standard InChI is InChI=1S/C26H30N2O5S/c1-3-23(25(30)28-21-14-7-8-15-22(21)33-4-2)34-18-11-9-10-17(16-18)27-24(29)19-12-5-6-13-20(19)26(31)32/h5-11,14-16,19-20,23H,3-4,12-13H2,1-2H3,(H,27,29)(H,28,30)(H,31,32). The second-order valence-electron chi connectivity index (χ2n) is 7.94. The molecule has 0 bridgehead atoms. The van der Waals surface area contributed by atoms with Crippen molar-refractivity contribution in [3.05, 3.63) is 60.7 Å². The molecule has 3 unspecified atom stereocenters. The number of carbonyl (C=O) groups is 3. The second-order valence-corrected chi connectivity index (χ2v) is 9.22. The summed E-state index contributed by atoms with van der Waals surface area (Å²) in [6.07, 6.45) is 5.02. The molecule has 0 heterocycles. The fraction of sp³-hybridized carbons (Fsp3) is 0.346. The molecule has 2 amide bonds. The number of amides is 2. The number of nitrogens with one attached hydrogen (secondary N) is 2. The first-order valence-corrected chi connectivity index (χ1v) is 12.3. The molecule has 0 fully saturated rings. The molecule has 0 saturated carbocycles. The van der Waals surface area contributed by atoms with Gasteiger partial charge in [0, 0.05) is 10.6 Å². The van der Waals surface area contributed by atoms with Crippen molar-refractivity contribution >= 4 is 40.9 Å². The van der Waals surface area contributed by atoms with E-state index in [2.05, 4.69) is 10.6 Å². The van der Waals surface area contributed by atoms with Gasteiger partial charge in [0.1, 0.15) is 5.75 Å². The highest BCUT2D eigenvalue weighted by Gasteiger charge is 2.34. The van der Waals surface area contributed by atoms with Crippen LogP contribution in [0.3, 0.4) is 0 Å². The molecule has 0 spiro atoms. The minimum absolute atomic E-state index is 0.132. The zero-order chi connectivity index (χ0) is 24.5. The van der Waals surface area contributed by atoms with E-state index < -0.39 is 17.8 Å². The van der Waals surface area contributed by atoms with E-state index in [0.29, 0.717) is 43.0 Å². The lowest BCUT2D eigenvalue weighted by atomic mass is 9.82. The Kier molecular flexibility index (Phi) is 9.16. The monoisotopic (exact) mass is 482 g/mol. The van der Waals surface area contributed by atoms with Crippen LogP contribution in [0.1, 0.15) is 33.1 Å². The van der Waals surface area contributed by atoms with Crippen LogP contribution in [-0.2, 0) is 14.4 Å². The average molecular weight is 483 g/mol. The highest BCUT2D eigenvalue weighted by molar-refractivity contribution is 8.00. The number of ether oxygens (including phenoxy) is 1. The molecule has 180 valence electrons. The maximum absolute atomic E-state index is 13.0. The normalized spacial score (nSPS) is 18.1. The minimum atomic E-state index is -0.962. The Morgan fingerprint density at radius 3 is 2.47 bits per heavy atom. The number of anilines is 2. The third-order valence-corrected chi connectivity index (χ3v) is 6.93. The van der Waals surface area contributed by atoms with Crippen molar-refractivity contribution in [1.29, 1.82) is 0 Å². The quantitative estimate of drug-likeness (QED) is 0.318. The average Bonchev–Trinajstić information content (AvgIpc) is 2.84. The van der Waals surface area contributed by atoms with Gasteiger partial charge in [-0.2, -0.15) is 0 Å². The molecule has 2 aromatic carbocycles. The molecule has 0 aliphatic heterocycles. The summed E-state index contributed by atoms with van der Waals surface area (Å²) in [6, 6.07) is 14.6. The Morgan fingerprint density at radius 1 is 1.03 bits per heavy atom. The Bertz CT molecular complexity index is 1050. The van der Waals surface area contributed by atoms with E-state index in [0.717, 1.165) is 4.90 Å². The summed E-state index contributed by atoms with van der Waals surface area (Å²) >= 11 is 1.41. The number of para-hydroxylation sites is 2. The van der Waals surface area contributed by atoms with Crippen molar-refractivity contribution < 1.29 is 24.2 Å². The number of carboxylic acids is 1. The largest absolute Gasteiger partial charge is 0.492 e. The highest BCUT2D eigenvalue weighted by Crippen LogP contribution is 2.31. The van der Waals surface area contributed by atoms with Gasteiger partial charge in [-0.1, -0.05) is 37.3 Å². The van der Waals surface area contributed by atoms with Crippen LogP contribution in [0.5, 0.6) is 5.75 Å². The smallest absolute Gasteiger partial charge is 0.307 e. The van der Waals surface area contributed by atoms with E-state index in [9.17, 15) is 19.5 Å². The van der Waals surface area contributed by atoms with E-state index in [1.54, 1.807) is 18.2 Å². The van der Waals surface area contributed by atoms with E-state index in [1.807, 2.05) is 56.3 Å². The van der Waals surface area contributed by atoms with Crippen LogP contribution < -0.4 is 15.4 Å². The van der Waals surface area contributed by atoms with E-state index in [4.69, 9.17) is 4.74 Å². The molecular weight excluding hydrogens is 452 g/mol. The lowest BCUT2D eigenvalue weighted by Crippen LogP contribution is -2.34. The number of rotatable bonds is 10. The fourth-order valence-corrected chi connectivity index (χ4v) is 4.82. The van der Waals surface area contributed by atoms with Crippen LogP contribution in [-0.4, -0.2) is 34.7 Å². The Balaban J connectivity index is 1.66. The zero-order valence-corrected chi connectivity index (χ0v) is 20.1. The summed E-state index contributed by atoms with van der Waals surface area (Å²) in [5, 5.41) is 14.9. The fourth-order valence-electron chi connectivity index (χ4n) is 3.81. The summed E-state index contributed by atoms with van der Waals surface area (Å²) in [6.45, 7) is 4.34. The van der Waals surface area contributed by atoms with Crippen molar-refractivity contribution in [2.24, 2.45) is 11.8 Å². The van der Waals surface area contributed by atoms with Gasteiger partial charge in [0.15, 0.2) is 0 Å². The Labute approximate surface area is 204 Å². The van der Waals surface area contributed by atoms with Crippen LogP contribution in [0.2, 0.25) is 0 Å². The van der Waals surface area contributed by atoms with E-state index >= 15 is 0 Å².